The van der Waals surface area contributed by atoms with Gasteiger partial charge in [-0.1, -0.05) is 13.8 Å². The lowest BCUT2D eigenvalue weighted by Crippen LogP contribution is -2.34. The van der Waals surface area contributed by atoms with Crippen LogP contribution in [0.2, 0.25) is 0 Å². The van der Waals surface area contributed by atoms with Gasteiger partial charge in [0.2, 0.25) is 0 Å². The third-order valence-electron chi connectivity index (χ3n) is 3.07. The molecule has 1 rings (SSSR count). The Labute approximate surface area is 102 Å². The number of rotatable bonds is 4. The Bertz CT molecular complexity index is 417. The SMILES string of the molecule is CC(C)C(C)N(C)c1nc(C(N)=O)ccc1N. The number of pyridine rings is 1. The summed E-state index contributed by atoms with van der Waals surface area (Å²) in [5.74, 6) is 0.512. The lowest BCUT2D eigenvalue weighted by molar-refractivity contribution is 0.0995. The van der Waals surface area contributed by atoms with Gasteiger partial charge >= 0.3 is 0 Å². The summed E-state index contributed by atoms with van der Waals surface area (Å²) >= 11 is 0. The van der Waals surface area contributed by atoms with E-state index in [0.29, 0.717) is 17.4 Å². The van der Waals surface area contributed by atoms with Crippen LogP contribution in [0.15, 0.2) is 12.1 Å². The van der Waals surface area contributed by atoms with E-state index in [9.17, 15) is 4.79 Å². The van der Waals surface area contributed by atoms with Gasteiger partial charge in [-0.3, -0.25) is 4.79 Å². The summed E-state index contributed by atoms with van der Waals surface area (Å²) in [5.41, 5.74) is 11.9. The summed E-state index contributed by atoms with van der Waals surface area (Å²) in [7, 11) is 1.91. The molecule has 0 saturated heterocycles. The van der Waals surface area contributed by atoms with Gasteiger partial charge in [-0.2, -0.15) is 0 Å². The molecule has 94 valence electrons. The van der Waals surface area contributed by atoms with E-state index in [1.54, 1.807) is 6.07 Å². The molecule has 0 saturated carbocycles. The number of hydrogen-bond acceptors (Lipinski definition) is 4. The zero-order valence-electron chi connectivity index (χ0n) is 10.8. The third kappa shape index (κ3) is 2.87. The Hall–Kier alpha value is -1.78. The molecule has 0 radical (unpaired) electrons. The summed E-state index contributed by atoms with van der Waals surface area (Å²) in [6.07, 6.45) is 0. The van der Waals surface area contributed by atoms with Crippen molar-refractivity contribution in [1.82, 2.24) is 4.98 Å². The standard InChI is InChI=1S/C12H20N4O/c1-7(2)8(3)16(4)12-9(13)5-6-10(15-12)11(14)17/h5-8H,13H2,1-4H3,(H2,14,17). The zero-order chi connectivity index (χ0) is 13.2. The lowest BCUT2D eigenvalue weighted by atomic mass is 10.1. The number of nitrogens with two attached hydrogens (primary N) is 2. The van der Waals surface area contributed by atoms with E-state index in [4.69, 9.17) is 11.5 Å². The van der Waals surface area contributed by atoms with Gasteiger partial charge in [0.15, 0.2) is 5.82 Å². The fourth-order valence-corrected chi connectivity index (χ4v) is 1.52. The molecule has 1 atom stereocenters. The quantitative estimate of drug-likeness (QED) is 0.823. The largest absolute Gasteiger partial charge is 0.396 e. The first-order valence-corrected chi connectivity index (χ1v) is 5.63. The number of amides is 1. The van der Waals surface area contributed by atoms with Crippen molar-refractivity contribution in [3.8, 4) is 0 Å². The molecule has 1 amide bonds. The number of nitrogens with zero attached hydrogens (tertiary/aromatic N) is 2. The van der Waals surface area contributed by atoms with E-state index in [2.05, 4.69) is 25.8 Å². The highest BCUT2D eigenvalue weighted by atomic mass is 16.1. The van der Waals surface area contributed by atoms with Gasteiger partial charge < -0.3 is 16.4 Å². The number of nitrogen functional groups attached to an aromatic ring is 1. The molecule has 0 aromatic carbocycles. The molecular formula is C12H20N4O. The van der Waals surface area contributed by atoms with Gasteiger partial charge in [-0.05, 0) is 25.0 Å². The van der Waals surface area contributed by atoms with Crippen LogP contribution in [-0.2, 0) is 0 Å². The summed E-state index contributed by atoms with van der Waals surface area (Å²) < 4.78 is 0. The van der Waals surface area contributed by atoms with E-state index in [1.807, 2.05) is 11.9 Å². The van der Waals surface area contributed by atoms with Crippen LogP contribution in [-0.4, -0.2) is 24.0 Å². The van der Waals surface area contributed by atoms with E-state index in [1.165, 1.54) is 6.07 Å². The van der Waals surface area contributed by atoms with Crippen LogP contribution in [0.25, 0.3) is 0 Å². The van der Waals surface area contributed by atoms with E-state index < -0.39 is 5.91 Å². The smallest absolute Gasteiger partial charge is 0.267 e. The Morgan fingerprint density at radius 2 is 1.94 bits per heavy atom. The van der Waals surface area contributed by atoms with Crippen molar-refractivity contribution in [2.75, 3.05) is 17.7 Å². The average molecular weight is 236 g/mol. The van der Waals surface area contributed by atoms with E-state index >= 15 is 0 Å². The molecule has 1 aromatic rings. The van der Waals surface area contributed by atoms with Crippen molar-refractivity contribution in [3.63, 3.8) is 0 Å². The van der Waals surface area contributed by atoms with Crippen molar-refractivity contribution in [3.05, 3.63) is 17.8 Å². The molecule has 0 aliphatic carbocycles. The summed E-state index contributed by atoms with van der Waals surface area (Å²) in [5, 5.41) is 0. The molecular weight excluding hydrogens is 216 g/mol. The second-order valence-electron chi connectivity index (χ2n) is 4.57. The number of primary amides is 1. The maximum Gasteiger partial charge on any atom is 0.267 e. The first-order valence-electron chi connectivity index (χ1n) is 5.63. The van der Waals surface area contributed by atoms with E-state index in [0.717, 1.165) is 0 Å². The molecule has 4 N–H and O–H groups in total. The number of hydrogen-bond donors (Lipinski definition) is 2. The van der Waals surface area contributed by atoms with Crippen LogP contribution in [0.3, 0.4) is 0 Å². The molecule has 1 heterocycles. The van der Waals surface area contributed by atoms with Crippen LogP contribution in [0, 0.1) is 5.92 Å². The first-order chi connectivity index (χ1) is 7.84. The lowest BCUT2D eigenvalue weighted by Gasteiger charge is -2.30. The summed E-state index contributed by atoms with van der Waals surface area (Å²) in [6.45, 7) is 6.33. The Morgan fingerprint density at radius 1 is 1.35 bits per heavy atom. The van der Waals surface area contributed by atoms with Crippen molar-refractivity contribution in [2.45, 2.75) is 26.8 Å². The first kappa shape index (κ1) is 13.3. The number of carbonyl (C=O) groups excluding carboxylic acids is 1. The monoisotopic (exact) mass is 236 g/mol. The highest BCUT2D eigenvalue weighted by molar-refractivity contribution is 5.91. The van der Waals surface area contributed by atoms with Crippen LogP contribution in [0.4, 0.5) is 11.5 Å². The van der Waals surface area contributed by atoms with Crippen LogP contribution >= 0.6 is 0 Å². The van der Waals surface area contributed by atoms with Crippen molar-refractivity contribution >= 4 is 17.4 Å². The molecule has 17 heavy (non-hydrogen) atoms. The number of carbonyl (C=O) groups is 1. The molecule has 1 aromatic heterocycles. The minimum Gasteiger partial charge on any atom is -0.396 e. The number of anilines is 2. The minimum atomic E-state index is -0.545. The molecule has 1 unspecified atom stereocenters. The maximum atomic E-state index is 11.1. The Morgan fingerprint density at radius 3 is 2.41 bits per heavy atom. The van der Waals surface area contributed by atoms with Crippen LogP contribution < -0.4 is 16.4 Å². The van der Waals surface area contributed by atoms with Gasteiger partial charge in [0, 0.05) is 13.1 Å². The van der Waals surface area contributed by atoms with Gasteiger partial charge in [-0.15, -0.1) is 0 Å². The second kappa shape index (κ2) is 5.03. The molecule has 0 spiro atoms. The topological polar surface area (TPSA) is 85.2 Å². The summed E-state index contributed by atoms with van der Waals surface area (Å²) in [6, 6.07) is 3.47. The van der Waals surface area contributed by atoms with Crippen molar-refractivity contribution < 1.29 is 4.79 Å². The number of aromatic nitrogens is 1. The molecule has 0 fully saturated rings. The van der Waals surface area contributed by atoms with Gasteiger partial charge in [0.1, 0.15) is 5.69 Å². The zero-order valence-corrected chi connectivity index (χ0v) is 10.8. The molecule has 0 aliphatic rings. The molecule has 0 bridgehead atoms. The second-order valence-corrected chi connectivity index (χ2v) is 4.57. The van der Waals surface area contributed by atoms with Gasteiger partial charge in [-0.25, -0.2) is 4.98 Å². The molecule has 5 heteroatoms. The predicted octanol–water partition coefficient (Wildman–Crippen LogP) is 1.24. The predicted molar refractivity (Wildman–Crippen MR) is 69.9 cm³/mol. The maximum absolute atomic E-state index is 11.1. The van der Waals surface area contributed by atoms with E-state index in [-0.39, 0.29) is 11.7 Å². The molecule has 0 aliphatic heterocycles. The highest BCUT2D eigenvalue weighted by Gasteiger charge is 2.18. The summed E-state index contributed by atoms with van der Waals surface area (Å²) in [4.78, 5) is 17.3. The van der Waals surface area contributed by atoms with Crippen LogP contribution in [0.5, 0.6) is 0 Å². The normalized spacial score (nSPS) is 12.5. The highest BCUT2D eigenvalue weighted by Crippen LogP contribution is 2.23. The Balaban J connectivity index is 3.12. The van der Waals surface area contributed by atoms with Gasteiger partial charge in [0.25, 0.3) is 5.91 Å². The van der Waals surface area contributed by atoms with Crippen molar-refractivity contribution in [1.29, 1.82) is 0 Å². The minimum absolute atomic E-state index is 0.233. The Kier molecular flexibility index (Phi) is 3.93. The van der Waals surface area contributed by atoms with Crippen molar-refractivity contribution in [2.24, 2.45) is 11.7 Å². The third-order valence-corrected chi connectivity index (χ3v) is 3.07. The fourth-order valence-electron chi connectivity index (χ4n) is 1.52. The average Bonchev–Trinajstić information content (AvgIpc) is 2.27. The fraction of sp³-hybridized carbons (Fsp3) is 0.500. The van der Waals surface area contributed by atoms with Crippen LogP contribution in [0.1, 0.15) is 31.3 Å². The van der Waals surface area contributed by atoms with Gasteiger partial charge in [0.05, 0.1) is 5.69 Å². The molecule has 5 nitrogen and oxygen atoms in total.